The predicted molar refractivity (Wildman–Crippen MR) is 96.1 cm³/mol. The van der Waals surface area contributed by atoms with Gasteiger partial charge in [-0.2, -0.15) is 5.26 Å². The van der Waals surface area contributed by atoms with E-state index in [-0.39, 0.29) is 24.8 Å². The zero-order chi connectivity index (χ0) is 17.0. The zero-order valence-electron chi connectivity index (χ0n) is 13.6. The molecular weight excluding hydrogens is 374 g/mol. The Kier molecular flexibility index (Phi) is 5.73. The van der Waals surface area contributed by atoms with E-state index in [4.69, 9.17) is 10.00 Å². The molecule has 23 heavy (non-hydrogen) atoms. The summed E-state index contributed by atoms with van der Waals surface area (Å²) in [7, 11) is -1.15. The van der Waals surface area contributed by atoms with Gasteiger partial charge in [-0.1, -0.05) is 35.6 Å². The van der Waals surface area contributed by atoms with Gasteiger partial charge < -0.3 is 4.74 Å². The number of carbonyl (C=O) groups excluding carboxylic acids is 1. The van der Waals surface area contributed by atoms with Crippen LogP contribution < -0.4 is 0 Å². The summed E-state index contributed by atoms with van der Waals surface area (Å²) >= 11 is 3.41. The number of imidazole rings is 1. The van der Waals surface area contributed by atoms with Crippen molar-refractivity contribution in [2.45, 2.75) is 38.8 Å². The Balaban J connectivity index is 2.26. The fourth-order valence-electron chi connectivity index (χ4n) is 2.13. The summed E-state index contributed by atoms with van der Waals surface area (Å²) in [4.78, 5) is 16.5. The standard InChI is InChI=1S/C16H20BrN3O2Si/c1-23(2,3)9-8-22-11-20-14-5-4-12(17)10-13(14)19-16(20)15(21)6-7-18/h4-5,10H,6,8-9,11H2,1-3H3. The number of ether oxygens (including phenoxy) is 1. The van der Waals surface area contributed by atoms with Gasteiger partial charge in [-0.3, -0.25) is 9.36 Å². The van der Waals surface area contributed by atoms with E-state index in [0.29, 0.717) is 6.61 Å². The molecule has 0 bridgehead atoms. The largest absolute Gasteiger partial charge is 0.361 e. The fourth-order valence-corrected chi connectivity index (χ4v) is 3.24. The Labute approximate surface area is 145 Å². The van der Waals surface area contributed by atoms with Crippen LogP contribution in [-0.4, -0.2) is 30.0 Å². The van der Waals surface area contributed by atoms with Crippen molar-refractivity contribution in [2.24, 2.45) is 0 Å². The van der Waals surface area contributed by atoms with Crippen molar-refractivity contribution in [3.63, 3.8) is 0 Å². The van der Waals surface area contributed by atoms with Gasteiger partial charge >= 0.3 is 0 Å². The number of hydrogen-bond donors (Lipinski definition) is 0. The van der Waals surface area contributed by atoms with Crippen molar-refractivity contribution in [2.75, 3.05) is 6.61 Å². The molecule has 2 aromatic rings. The van der Waals surface area contributed by atoms with Crippen LogP contribution in [0.4, 0.5) is 0 Å². The van der Waals surface area contributed by atoms with Gasteiger partial charge in [0, 0.05) is 19.2 Å². The maximum atomic E-state index is 12.1. The number of rotatable bonds is 7. The first-order valence-corrected chi connectivity index (χ1v) is 12.0. The average Bonchev–Trinajstić information content (AvgIpc) is 2.80. The van der Waals surface area contributed by atoms with E-state index in [1.807, 2.05) is 24.3 Å². The molecule has 1 aromatic carbocycles. The highest BCUT2D eigenvalue weighted by molar-refractivity contribution is 9.10. The van der Waals surface area contributed by atoms with Gasteiger partial charge in [0.2, 0.25) is 5.78 Å². The van der Waals surface area contributed by atoms with Gasteiger partial charge in [-0.25, -0.2) is 4.98 Å². The maximum Gasteiger partial charge on any atom is 0.212 e. The maximum absolute atomic E-state index is 12.1. The van der Waals surface area contributed by atoms with E-state index >= 15 is 0 Å². The number of carbonyl (C=O) groups is 1. The topological polar surface area (TPSA) is 67.9 Å². The van der Waals surface area contributed by atoms with Gasteiger partial charge in [0.15, 0.2) is 5.82 Å². The molecule has 0 amide bonds. The number of halogens is 1. The zero-order valence-corrected chi connectivity index (χ0v) is 16.2. The van der Waals surface area contributed by atoms with E-state index < -0.39 is 8.07 Å². The molecule has 0 saturated carbocycles. The fraction of sp³-hybridized carbons (Fsp3) is 0.438. The van der Waals surface area contributed by atoms with E-state index in [1.165, 1.54) is 0 Å². The molecule has 0 N–H and O–H groups in total. The molecule has 1 heterocycles. The van der Waals surface area contributed by atoms with Gasteiger partial charge in [0.05, 0.1) is 17.1 Å². The number of ketones is 1. The predicted octanol–water partition coefficient (Wildman–Crippen LogP) is 4.21. The van der Waals surface area contributed by atoms with Crippen LogP contribution in [0.25, 0.3) is 11.0 Å². The monoisotopic (exact) mass is 393 g/mol. The third kappa shape index (κ3) is 4.74. The quantitative estimate of drug-likeness (QED) is 0.401. The minimum absolute atomic E-state index is 0.181. The summed E-state index contributed by atoms with van der Waals surface area (Å²) in [6, 6.07) is 8.61. The van der Waals surface area contributed by atoms with Crippen molar-refractivity contribution in [3.05, 3.63) is 28.5 Å². The third-order valence-electron chi connectivity index (χ3n) is 3.42. The number of benzene rings is 1. The minimum atomic E-state index is -1.15. The van der Waals surface area contributed by atoms with E-state index in [2.05, 4.69) is 40.6 Å². The summed E-state index contributed by atoms with van der Waals surface area (Å²) in [6.45, 7) is 7.82. The Morgan fingerprint density at radius 1 is 1.43 bits per heavy atom. The van der Waals surface area contributed by atoms with Gasteiger partial charge in [0.25, 0.3) is 0 Å². The molecule has 1 aromatic heterocycles. The first-order chi connectivity index (χ1) is 10.8. The lowest BCUT2D eigenvalue weighted by Crippen LogP contribution is -2.22. The van der Waals surface area contributed by atoms with Crippen molar-refractivity contribution in [1.82, 2.24) is 9.55 Å². The third-order valence-corrected chi connectivity index (χ3v) is 5.61. The van der Waals surface area contributed by atoms with Crippen molar-refractivity contribution < 1.29 is 9.53 Å². The Morgan fingerprint density at radius 2 is 2.17 bits per heavy atom. The lowest BCUT2D eigenvalue weighted by molar-refractivity contribution is 0.0821. The number of aromatic nitrogens is 2. The Bertz CT molecular complexity index is 759. The van der Waals surface area contributed by atoms with E-state index in [9.17, 15) is 4.79 Å². The number of hydrogen-bond acceptors (Lipinski definition) is 4. The molecule has 0 aliphatic rings. The van der Waals surface area contributed by atoms with E-state index in [0.717, 1.165) is 21.6 Å². The molecule has 0 spiro atoms. The highest BCUT2D eigenvalue weighted by Gasteiger charge is 2.18. The Morgan fingerprint density at radius 3 is 2.83 bits per heavy atom. The lowest BCUT2D eigenvalue weighted by atomic mass is 10.3. The van der Waals surface area contributed by atoms with Crippen molar-refractivity contribution in [3.8, 4) is 6.07 Å². The second kappa shape index (κ2) is 7.38. The molecule has 2 rings (SSSR count). The number of nitrogens with zero attached hydrogens (tertiary/aromatic N) is 3. The molecular formula is C16H20BrN3O2Si. The van der Waals surface area contributed by atoms with Crippen LogP contribution >= 0.6 is 15.9 Å². The van der Waals surface area contributed by atoms with Crippen molar-refractivity contribution >= 4 is 40.8 Å². The molecule has 0 radical (unpaired) electrons. The minimum Gasteiger partial charge on any atom is -0.361 e. The summed E-state index contributed by atoms with van der Waals surface area (Å²) < 4.78 is 8.42. The van der Waals surface area contributed by atoms with Crippen LogP contribution in [0.5, 0.6) is 0 Å². The second-order valence-corrected chi connectivity index (χ2v) is 13.1. The summed E-state index contributed by atoms with van der Waals surface area (Å²) in [6.07, 6.45) is -0.181. The summed E-state index contributed by atoms with van der Waals surface area (Å²) in [5.74, 6) is 0.00118. The molecule has 7 heteroatoms. The van der Waals surface area contributed by atoms with Crippen LogP contribution in [-0.2, 0) is 11.5 Å². The number of Topliss-reactive ketones (excluding diaryl/α,β-unsaturated/α-hetero) is 1. The van der Waals surface area contributed by atoms with Crippen LogP contribution in [0, 0.1) is 11.3 Å². The van der Waals surface area contributed by atoms with Crippen LogP contribution in [0.15, 0.2) is 22.7 Å². The molecule has 0 fully saturated rings. The molecule has 5 nitrogen and oxygen atoms in total. The lowest BCUT2D eigenvalue weighted by Gasteiger charge is -2.16. The summed E-state index contributed by atoms with van der Waals surface area (Å²) in [5, 5.41) is 8.77. The van der Waals surface area contributed by atoms with Gasteiger partial charge in [-0.05, 0) is 24.2 Å². The molecule has 0 aliphatic heterocycles. The Hall–Kier alpha value is -1.49. The molecule has 0 aliphatic carbocycles. The van der Waals surface area contributed by atoms with Gasteiger partial charge in [0.1, 0.15) is 13.2 Å². The van der Waals surface area contributed by atoms with Gasteiger partial charge in [-0.15, -0.1) is 0 Å². The SMILES string of the molecule is C[Si](C)(C)CCOCn1c(C(=O)CC#N)nc2cc(Br)ccc21. The first kappa shape index (κ1) is 17.9. The smallest absolute Gasteiger partial charge is 0.212 e. The average molecular weight is 394 g/mol. The van der Waals surface area contributed by atoms with Crippen LogP contribution in [0.3, 0.4) is 0 Å². The second-order valence-electron chi connectivity index (χ2n) is 6.60. The molecule has 0 unspecified atom stereocenters. The van der Waals surface area contributed by atoms with Crippen molar-refractivity contribution in [1.29, 1.82) is 5.26 Å². The highest BCUT2D eigenvalue weighted by atomic mass is 79.9. The summed E-state index contributed by atoms with van der Waals surface area (Å²) in [5.41, 5.74) is 1.55. The molecule has 122 valence electrons. The molecule has 0 atom stereocenters. The first-order valence-electron chi connectivity index (χ1n) is 7.45. The van der Waals surface area contributed by atoms with Crippen LogP contribution in [0.2, 0.25) is 25.7 Å². The van der Waals surface area contributed by atoms with Crippen LogP contribution in [0.1, 0.15) is 17.0 Å². The number of nitriles is 1. The number of fused-ring (bicyclic) bond motifs is 1. The molecule has 0 saturated heterocycles. The normalized spacial score (nSPS) is 11.6. The van der Waals surface area contributed by atoms with E-state index in [1.54, 1.807) is 4.57 Å². The highest BCUT2D eigenvalue weighted by Crippen LogP contribution is 2.22.